The third kappa shape index (κ3) is 1.89. The van der Waals surface area contributed by atoms with Gasteiger partial charge in [-0.3, -0.25) is 9.69 Å². The van der Waals surface area contributed by atoms with Gasteiger partial charge in [-0.25, -0.2) is 0 Å². The van der Waals surface area contributed by atoms with E-state index in [-0.39, 0.29) is 0 Å². The van der Waals surface area contributed by atoms with Crippen molar-refractivity contribution in [3.05, 3.63) is 22.4 Å². The lowest BCUT2D eigenvalue weighted by Gasteiger charge is -2.50. The summed E-state index contributed by atoms with van der Waals surface area (Å²) in [5.74, 6) is -0.708. The van der Waals surface area contributed by atoms with Crippen LogP contribution in [0.3, 0.4) is 0 Å². The van der Waals surface area contributed by atoms with Crippen LogP contribution in [0.25, 0.3) is 0 Å². The molecule has 0 amide bonds. The van der Waals surface area contributed by atoms with Gasteiger partial charge in [-0.1, -0.05) is 18.9 Å². The molecular weight excluding hydrogens is 234 g/mol. The van der Waals surface area contributed by atoms with Crippen molar-refractivity contribution in [2.45, 2.75) is 31.7 Å². The molecule has 1 N–H and O–H groups in total. The van der Waals surface area contributed by atoms with Gasteiger partial charge in [0, 0.05) is 18.0 Å². The monoisotopic (exact) mass is 251 g/mol. The molecule has 1 aliphatic carbocycles. The summed E-state index contributed by atoms with van der Waals surface area (Å²) < 4.78 is 0. The number of rotatable bonds is 3. The van der Waals surface area contributed by atoms with E-state index in [1.54, 1.807) is 11.3 Å². The van der Waals surface area contributed by atoms with Gasteiger partial charge < -0.3 is 5.11 Å². The van der Waals surface area contributed by atoms with E-state index in [4.69, 9.17) is 0 Å². The number of carboxylic acids is 1. The summed E-state index contributed by atoms with van der Waals surface area (Å²) >= 11 is 1.55. The van der Waals surface area contributed by atoms with Gasteiger partial charge in [0.2, 0.25) is 0 Å². The predicted molar refractivity (Wildman–Crippen MR) is 67.2 cm³/mol. The Morgan fingerprint density at radius 2 is 2.12 bits per heavy atom. The molecule has 0 radical (unpaired) electrons. The van der Waals surface area contributed by atoms with Crippen molar-refractivity contribution in [2.24, 2.45) is 5.41 Å². The number of carbonyl (C=O) groups is 1. The second-order valence-corrected chi connectivity index (χ2v) is 6.35. The SMILES string of the molecule is O=C(O)C(c1cccs1)N1CC2(CCCC2)C1. The van der Waals surface area contributed by atoms with E-state index in [9.17, 15) is 9.90 Å². The molecule has 2 heterocycles. The van der Waals surface area contributed by atoms with Gasteiger partial charge in [-0.15, -0.1) is 11.3 Å². The second kappa shape index (κ2) is 4.10. The Balaban J connectivity index is 1.73. The van der Waals surface area contributed by atoms with Gasteiger partial charge in [0.25, 0.3) is 0 Å². The standard InChI is InChI=1S/C13H17NO2S/c15-12(16)11(10-4-3-7-17-10)14-8-13(9-14)5-1-2-6-13/h3-4,7,11H,1-2,5-6,8-9H2,(H,15,16). The first kappa shape index (κ1) is 11.2. The van der Waals surface area contributed by atoms with E-state index >= 15 is 0 Å². The van der Waals surface area contributed by atoms with Gasteiger partial charge >= 0.3 is 5.97 Å². The van der Waals surface area contributed by atoms with Crippen LogP contribution in [0.4, 0.5) is 0 Å². The largest absolute Gasteiger partial charge is 0.480 e. The molecule has 1 unspecified atom stereocenters. The Bertz CT molecular complexity index is 401. The maximum atomic E-state index is 11.4. The van der Waals surface area contributed by atoms with Crippen LogP contribution in [0.15, 0.2) is 17.5 Å². The molecule has 17 heavy (non-hydrogen) atoms. The lowest BCUT2D eigenvalue weighted by Crippen LogP contribution is -2.57. The topological polar surface area (TPSA) is 40.5 Å². The molecule has 4 heteroatoms. The fraction of sp³-hybridized carbons (Fsp3) is 0.615. The number of aliphatic carboxylic acids is 1. The fourth-order valence-electron chi connectivity index (χ4n) is 3.34. The molecule has 2 fully saturated rings. The summed E-state index contributed by atoms with van der Waals surface area (Å²) in [7, 11) is 0. The molecule has 1 spiro atoms. The molecule has 1 saturated carbocycles. The van der Waals surface area contributed by atoms with Crippen LogP contribution in [0.2, 0.25) is 0 Å². The average molecular weight is 251 g/mol. The van der Waals surface area contributed by atoms with E-state index in [0.717, 1.165) is 18.0 Å². The van der Waals surface area contributed by atoms with Crippen LogP contribution < -0.4 is 0 Å². The van der Waals surface area contributed by atoms with E-state index < -0.39 is 12.0 Å². The molecule has 3 rings (SSSR count). The maximum Gasteiger partial charge on any atom is 0.326 e. The predicted octanol–water partition coefficient (Wildman–Crippen LogP) is 2.75. The first-order chi connectivity index (χ1) is 8.20. The van der Waals surface area contributed by atoms with E-state index in [1.165, 1.54) is 25.7 Å². The molecule has 1 aromatic heterocycles. The molecule has 1 saturated heterocycles. The van der Waals surface area contributed by atoms with Crippen molar-refractivity contribution < 1.29 is 9.90 Å². The lowest BCUT2D eigenvalue weighted by atomic mass is 9.77. The zero-order valence-corrected chi connectivity index (χ0v) is 10.6. The molecule has 1 atom stereocenters. The second-order valence-electron chi connectivity index (χ2n) is 5.37. The van der Waals surface area contributed by atoms with E-state index in [0.29, 0.717) is 5.41 Å². The Kier molecular flexibility index (Phi) is 2.71. The third-order valence-electron chi connectivity index (χ3n) is 4.15. The van der Waals surface area contributed by atoms with Crippen LogP contribution in [0.5, 0.6) is 0 Å². The van der Waals surface area contributed by atoms with E-state index in [1.807, 2.05) is 17.5 Å². The summed E-state index contributed by atoms with van der Waals surface area (Å²) in [6.45, 7) is 1.95. The average Bonchev–Trinajstić information content (AvgIpc) is 2.85. The number of hydrogen-bond donors (Lipinski definition) is 1. The fourth-order valence-corrected chi connectivity index (χ4v) is 4.19. The van der Waals surface area contributed by atoms with Gasteiger partial charge in [0.05, 0.1) is 0 Å². The van der Waals surface area contributed by atoms with Crippen LogP contribution in [0, 0.1) is 5.41 Å². The number of hydrogen-bond acceptors (Lipinski definition) is 3. The lowest BCUT2D eigenvalue weighted by molar-refractivity contribution is -0.149. The summed E-state index contributed by atoms with van der Waals surface area (Å²) in [6, 6.07) is 3.45. The smallest absolute Gasteiger partial charge is 0.326 e. The Labute approximate surface area is 105 Å². The summed E-state index contributed by atoms with van der Waals surface area (Å²) in [4.78, 5) is 14.5. The van der Waals surface area contributed by atoms with Gasteiger partial charge in [0.15, 0.2) is 0 Å². The van der Waals surface area contributed by atoms with Gasteiger partial charge in [-0.05, 0) is 29.7 Å². The van der Waals surface area contributed by atoms with Crippen molar-refractivity contribution in [1.82, 2.24) is 4.90 Å². The van der Waals surface area contributed by atoms with E-state index in [2.05, 4.69) is 4.90 Å². The highest BCUT2D eigenvalue weighted by molar-refractivity contribution is 7.10. The minimum Gasteiger partial charge on any atom is -0.480 e. The minimum absolute atomic E-state index is 0.416. The Hall–Kier alpha value is -0.870. The maximum absolute atomic E-state index is 11.4. The molecule has 1 aromatic rings. The van der Waals surface area contributed by atoms with Crippen molar-refractivity contribution in [3.8, 4) is 0 Å². The van der Waals surface area contributed by atoms with Crippen molar-refractivity contribution in [2.75, 3.05) is 13.1 Å². The molecular formula is C13H17NO2S. The Morgan fingerprint density at radius 3 is 2.65 bits per heavy atom. The third-order valence-corrected chi connectivity index (χ3v) is 5.08. The minimum atomic E-state index is -0.708. The van der Waals surface area contributed by atoms with Crippen molar-refractivity contribution in [3.63, 3.8) is 0 Å². The molecule has 92 valence electrons. The van der Waals surface area contributed by atoms with Gasteiger partial charge in [-0.2, -0.15) is 0 Å². The van der Waals surface area contributed by atoms with Gasteiger partial charge in [0.1, 0.15) is 6.04 Å². The van der Waals surface area contributed by atoms with Crippen LogP contribution in [0.1, 0.15) is 36.6 Å². The Morgan fingerprint density at radius 1 is 1.41 bits per heavy atom. The highest BCUT2D eigenvalue weighted by Gasteiger charge is 2.48. The normalized spacial score (nSPS) is 24.7. The van der Waals surface area contributed by atoms with Crippen LogP contribution >= 0.6 is 11.3 Å². The number of carboxylic acid groups (broad SMARTS) is 1. The summed E-state index contributed by atoms with van der Waals surface area (Å²) in [5.41, 5.74) is 0.463. The summed E-state index contributed by atoms with van der Waals surface area (Å²) in [6.07, 6.45) is 5.23. The molecule has 2 aliphatic rings. The number of likely N-dealkylation sites (tertiary alicyclic amines) is 1. The molecule has 0 aromatic carbocycles. The first-order valence-electron chi connectivity index (χ1n) is 6.21. The highest BCUT2D eigenvalue weighted by atomic mass is 32.1. The molecule has 0 bridgehead atoms. The number of nitrogens with zero attached hydrogens (tertiary/aromatic N) is 1. The molecule has 1 aliphatic heterocycles. The molecule has 3 nitrogen and oxygen atoms in total. The van der Waals surface area contributed by atoms with Crippen LogP contribution in [-0.4, -0.2) is 29.1 Å². The zero-order chi connectivity index (χ0) is 11.9. The zero-order valence-electron chi connectivity index (χ0n) is 9.76. The van der Waals surface area contributed by atoms with Crippen molar-refractivity contribution in [1.29, 1.82) is 0 Å². The van der Waals surface area contributed by atoms with Crippen LogP contribution in [-0.2, 0) is 4.79 Å². The first-order valence-corrected chi connectivity index (χ1v) is 7.08. The van der Waals surface area contributed by atoms with Crippen molar-refractivity contribution >= 4 is 17.3 Å². The quantitative estimate of drug-likeness (QED) is 0.898. The summed E-state index contributed by atoms with van der Waals surface area (Å²) in [5, 5.41) is 11.3. The number of thiophene rings is 1. The highest BCUT2D eigenvalue weighted by Crippen LogP contribution is 2.48.